The topological polar surface area (TPSA) is 122 Å². The van der Waals surface area contributed by atoms with E-state index in [2.05, 4.69) is 23.5 Å². The molecule has 1 aliphatic carbocycles. The molecule has 0 radical (unpaired) electrons. The van der Waals surface area contributed by atoms with E-state index in [-0.39, 0.29) is 12.0 Å². The Bertz CT molecular complexity index is 669. The van der Waals surface area contributed by atoms with Gasteiger partial charge in [-0.15, -0.1) is 0 Å². The van der Waals surface area contributed by atoms with Crippen molar-refractivity contribution < 1.29 is 22.5 Å². The van der Waals surface area contributed by atoms with Crippen molar-refractivity contribution >= 4 is 22.0 Å². The summed E-state index contributed by atoms with van der Waals surface area (Å²) in [5.41, 5.74) is 6.73. The van der Waals surface area contributed by atoms with Crippen LogP contribution in [0.5, 0.6) is 0 Å². The van der Waals surface area contributed by atoms with Gasteiger partial charge < -0.3 is 15.4 Å². The van der Waals surface area contributed by atoms with Gasteiger partial charge in [0.05, 0.1) is 5.56 Å². The molecule has 0 aromatic heterocycles. The van der Waals surface area contributed by atoms with E-state index in [1.54, 1.807) is 24.3 Å². The SMILES string of the molecule is CCN(CC)CCOC(=O)c1ccc(N)cc1.O=S(=O)(O)NC1CCCCC1. The van der Waals surface area contributed by atoms with E-state index < -0.39 is 10.3 Å². The van der Waals surface area contributed by atoms with Crippen LogP contribution in [0.4, 0.5) is 5.69 Å². The Kier molecular flexibility index (Phi) is 11.1. The third-order valence-electron chi connectivity index (χ3n) is 4.60. The second kappa shape index (κ2) is 12.7. The van der Waals surface area contributed by atoms with E-state index >= 15 is 0 Å². The molecule has 28 heavy (non-hydrogen) atoms. The predicted molar refractivity (Wildman–Crippen MR) is 110 cm³/mol. The number of hydrogen-bond donors (Lipinski definition) is 3. The van der Waals surface area contributed by atoms with E-state index in [9.17, 15) is 13.2 Å². The third kappa shape index (κ3) is 10.6. The number of nitrogens with two attached hydrogens (primary N) is 1. The van der Waals surface area contributed by atoms with E-state index in [1.807, 2.05) is 0 Å². The smallest absolute Gasteiger partial charge is 0.338 e. The average molecular weight is 416 g/mol. The van der Waals surface area contributed by atoms with Crippen LogP contribution in [0.1, 0.15) is 56.3 Å². The molecule has 0 bridgehead atoms. The van der Waals surface area contributed by atoms with Gasteiger partial charge in [0.1, 0.15) is 6.61 Å². The summed E-state index contributed by atoms with van der Waals surface area (Å²) >= 11 is 0. The first-order valence-electron chi connectivity index (χ1n) is 9.75. The molecule has 0 unspecified atom stereocenters. The number of nitrogens with one attached hydrogen (secondary N) is 1. The molecule has 2 rings (SSSR count). The maximum Gasteiger partial charge on any atom is 0.338 e. The molecular weight excluding hydrogens is 382 g/mol. The maximum atomic E-state index is 11.6. The van der Waals surface area contributed by atoms with Crippen LogP contribution in [0, 0.1) is 0 Å². The highest BCUT2D eigenvalue weighted by Crippen LogP contribution is 2.17. The van der Waals surface area contributed by atoms with Crippen LogP contribution >= 0.6 is 0 Å². The van der Waals surface area contributed by atoms with Gasteiger partial charge in [0.2, 0.25) is 0 Å². The van der Waals surface area contributed by atoms with Crippen LogP contribution in [0.2, 0.25) is 0 Å². The first-order valence-corrected chi connectivity index (χ1v) is 11.2. The monoisotopic (exact) mass is 415 g/mol. The molecule has 4 N–H and O–H groups in total. The molecule has 1 aromatic rings. The lowest BCUT2D eigenvalue weighted by atomic mass is 9.96. The fourth-order valence-corrected chi connectivity index (χ4v) is 3.60. The van der Waals surface area contributed by atoms with Crippen molar-refractivity contribution in [3.63, 3.8) is 0 Å². The molecule has 1 aromatic carbocycles. The second-order valence-corrected chi connectivity index (χ2v) is 7.90. The Hall–Kier alpha value is -1.68. The highest BCUT2D eigenvalue weighted by Gasteiger charge is 2.17. The van der Waals surface area contributed by atoms with E-state index in [1.165, 1.54) is 6.42 Å². The van der Waals surface area contributed by atoms with E-state index in [0.29, 0.717) is 17.9 Å². The quantitative estimate of drug-likeness (QED) is 0.339. The fourth-order valence-electron chi connectivity index (χ4n) is 2.94. The Labute approximate surface area is 168 Å². The van der Waals surface area contributed by atoms with Gasteiger partial charge in [0.25, 0.3) is 0 Å². The molecule has 160 valence electrons. The van der Waals surface area contributed by atoms with Crippen molar-refractivity contribution in [2.24, 2.45) is 0 Å². The lowest BCUT2D eigenvalue weighted by molar-refractivity contribution is 0.0466. The summed E-state index contributed by atoms with van der Waals surface area (Å²) < 4.78 is 36.5. The minimum absolute atomic E-state index is 0.0428. The number of hydrogen-bond acceptors (Lipinski definition) is 6. The maximum absolute atomic E-state index is 11.6. The highest BCUT2D eigenvalue weighted by atomic mass is 32.2. The van der Waals surface area contributed by atoms with Gasteiger partial charge in [-0.2, -0.15) is 13.1 Å². The summed E-state index contributed by atoms with van der Waals surface area (Å²) in [6, 6.07) is 6.70. The van der Waals surface area contributed by atoms with Crippen LogP contribution in [-0.2, 0) is 15.0 Å². The van der Waals surface area contributed by atoms with Crippen molar-refractivity contribution in [2.45, 2.75) is 52.0 Å². The number of rotatable bonds is 8. The van der Waals surface area contributed by atoms with E-state index in [4.69, 9.17) is 15.0 Å². The van der Waals surface area contributed by atoms with Crippen molar-refractivity contribution in [1.29, 1.82) is 0 Å². The molecule has 0 saturated heterocycles. The predicted octanol–water partition coefficient (Wildman–Crippen LogP) is 2.48. The van der Waals surface area contributed by atoms with Crippen LogP contribution in [0.3, 0.4) is 0 Å². The van der Waals surface area contributed by atoms with Crippen LogP contribution in [0.25, 0.3) is 0 Å². The average Bonchev–Trinajstić information content (AvgIpc) is 2.66. The zero-order chi connectivity index (χ0) is 21.0. The Morgan fingerprint density at radius 1 is 1.18 bits per heavy atom. The van der Waals surface area contributed by atoms with Gasteiger partial charge in [0, 0.05) is 18.3 Å². The zero-order valence-corrected chi connectivity index (χ0v) is 17.6. The number of likely N-dealkylation sites (N-methyl/N-ethyl adjacent to an activating group) is 1. The van der Waals surface area contributed by atoms with Gasteiger partial charge in [-0.1, -0.05) is 33.1 Å². The summed E-state index contributed by atoms with van der Waals surface area (Å²) in [6.07, 6.45) is 4.96. The minimum atomic E-state index is -3.97. The Morgan fingerprint density at radius 3 is 2.25 bits per heavy atom. The number of carbonyl (C=O) groups excluding carboxylic acids is 1. The third-order valence-corrected chi connectivity index (χ3v) is 5.23. The first kappa shape index (κ1) is 24.4. The van der Waals surface area contributed by atoms with E-state index in [0.717, 1.165) is 45.3 Å². The van der Waals surface area contributed by atoms with Gasteiger partial charge in [-0.3, -0.25) is 4.55 Å². The molecule has 0 amide bonds. The van der Waals surface area contributed by atoms with Crippen molar-refractivity contribution in [1.82, 2.24) is 9.62 Å². The van der Waals surface area contributed by atoms with Crippen LogP contribution < -0.4 is 10.5 Å². The Balaban J connectivity index is 0.000000307. The number of ether oxygens (including phenoxy) is 1. The molecule has 0 aliphatic heterocycles. The molecule has 0 spiro atoms. The number of esters is 1. The molecule has 1 aliphatic rings. The van der Waals surface area contributed by atoms with Crippen molar-refractivity contribution in [2.75, 3.05) is 32.0 Å². The zero-order valence-electron chi connectivity index (χ0n) is 16.8. The van der Waals surface area contributed by atoms with Crippen molar-refractivity contribution in [3.05, 3.63) is 29.8 Å². The first-order chi connectivity index (χ1) is 13.2. The number of nitrogens with zero attached hydrogens (tertiary/aromatic N) is 1. The molecule has 9 heteroatoms. The lowest BCUT2D eigenvalue weighted by Crippen LogP contribution is -2.35. The Morgan fingerprint density at radius 2 is 1.75 bits per heavy atom. The highest BCUT2D eigenvalue weighted by molar-refractivity contribution is 7.83. The van der Waals surface area contributed by atoms with Crippen molar-refractivity contribution in [3.8, 4) is 0 Å². The molecule has 8 nitrogen and oxygen atoms in total. The number of benzene rings is 1. The van der Waals surface area contributed by atoms with Crippen LogP contribution in [0.15, 0.2) is 24.3 Å². The summed E-state index contributed by atoms with van der Waals surface area (Å²) in [7, 11) is -3.97. The summed E-state index contributed by atoms with van der Waals surface area (Å²) in [5, 5.41) is 0. The number of carbonyl (C=O) groups is 1. The summed E-state index contributed by atoms with van der Waals surface area (Å²) in [4.78, 5) is 13.8. The molecule has 1 fully saturated rings. The number of anilines is 1. The molecule has 1 saturated carbocycles. The minimum Gasteiger partial charge on any atom is -0.461 e. The standard InChI is InChI=1S/C13H20N2O2.C6H13NO3S/c1-3-15(4-2)9-10-17-13(16)11-5-7-12(14)8-6-11;8-11(9,10)7-6-4-2-1-3-5-6/h5-8H,3-4,9-10,14H2,1-2H3;6-7H,1-5H2,(H,8,9,10). The lowest BCUT2D eigenvalue weighted by Gasteiger charge is -2.20. The summed E-state index contributed by atoms with van der Waals surface area (Å²) in [6.45, 7) is 7.31. The van der Waals surface area contributed by atoms with Crippen LogP contribution in [-0.4, -0.2) is 56.1 Å². The van der Waals surface area contributed by atoms with Gasteiger partial charge >= 0.3 is 16.3 Å². The molecular formula is C19H33N3O5S. The fraction of sp³-hybridized carbons (Fsp3) is 0.632. The second-order valence-electron chi connectivity index (χ2n) is 6.71. The number of nitrogen functional groups attached to an aromatic ring is 1. The van der Waals surface area contributed by atoms with Gasteiger partial charge in [-0.05, 0) is 50.2 Å². The largest absolute Gasteiger partial charge is 0.461 e. The van der Waals surface area contributed by atoms with Gasteiger partial charge in [-0.25, -0.2) is 4.79 Å². The molecule has 0 heterocycles. The molecule has 0 atom stereocenters. The van der Waals surface area contributed by atoms with Gasteiger partial charge in [0.15, 0.2) is 0 Å². The normalized spacial score (nSPS) is 15.0. The summed E-state index contributed by atoms with van der Waals surface area (Å²) in [5.74, 6) is -0.294.